The van der Waals surface area contributed by atoms with Crippen molar-refractivity contribution in [2.45, 2.75) is 57.5 Å². The summed E-state index contributed by atoms with van der Waals surface area (Å²) in [6, 6.07) is 0. The highest BCUT2D eigenvalue weighted by atomic mass is 16.5. The van der Waals surface area contributed by atoms with Gasteiger partial charge >= 0.3 is 5.97 Å². The summed E-state index contributed by atoms with van der Waals surface area (Å²) < 4.78 is 10.8. The van der Waals surface area contributed by atoms with Crippen molar-refractivity contribution in [3.05, 3.63) is 11.7 Å². The normalized spacial score (nSPS) is 25.7. The fourth-order valence-corrected chi connectivity index (χ4v) is 3.24. The molecular weight excluding hydrogens is 260 g/mol. The number of carboxylic acids is 1. The Morgan fingerprint density at radius 2 is 2.10 bits per heavy atom. The fraction of sp³-hybridized carbons (Fsp3) is 0.786. The van der Waals surface area contributed by atoms with E-state index in [4.69, 9.17) is 9.26 Å². The molecule has 1 N–H and O–H groups in total. The largest absolute Gasteiger partial charge is 0.481 e. The molecule has 110 valence electrons. The molecular formula is C14H20N2O4. The summed E-state index contributed by atoms with van der Waals surface area (Å²) in [5.74, 6) is 0.253. The van der Waals surface area contributed by atoms with E-state index in [1.165, 1.54) is 0 Å². The van der Waals surface area contributed by atoms with Gasteiger partial charge in [-0.25, -0.2) is 0 Å². The molecule has 0 aromatic carbocycles. The lowest BCUT2D eigenvalue weighted by Gasteiger charge is -2.31. The molecule has 1 atom stereocenters. The molecule has 2 aliphatic rings. The number of nitrogens with zero attached hydrogens (tertiary/aromatic N) is 2. The van der Waals surface area contributed by atoms with Gasteiger partial charge in [0.2, 0.25) is 11.7 Å². The third-order valence-electron chi connectivity index (χ3n) is 4.46. The molecule has 1 saturated heterocycles. The molecule has 1 aromatic rings. The summed E-state index contributed by atoms with van der Waals surface area (Å²) in [5, 5.41) is 13.5. The maximum absolute atomic E-state index is 11.6. The zero-order valence-corrected chi connectivity index (χ0v) is 11.5. The second-order valence-electron chi connectivity index (χ2n) is 5.87. The van der Waals surface area contributed by atoms with Crippen molar-refractivity contribution >= 4 is 5.97 Å². The highest BCUT2D eigenvalue weighted by Gasteiger charge is 2.41. The summed E-state index contributed by atoms with van der Waals surface area (Å²) in [6.45, 7) is 0.730. The molecule has 3 rings (SSSR count). The van der Waals surface area contributed by atoms with Crippen molar-refractivity contribution in [2.75, 3.05) is 6.61 Å². The predicted octanol–water partition coefficient (Wildman–Crippen LogP) is 2.50. The minimum Gasteiger partial charge on any atom is -0.481 e. The molecule has 20 heavy (non-hydrogen) atoms. The third-order valence-corrected chi connectivity index (χ3v) is 4.46. The van der Waals surface area contributed by atoms with Crippen molar-refractivity contribution in [3.63, 3.8) is 0 Å². The van der Waals surface area contributed by atoms with Crippen LogP contribution >= 0.6 is 0 Å². The summed E-state index contributed by atoms with van der Waals surface area (Å²) in [5.41, 5.74) is -0.724. The van der Waals surface area contributed by atoms with E-state index >= 15 is 0 Å². The van der Waals surface area contributed by atoms with Gasteiger partial charge in [-0.15, -0.1) is 0 Å². The van der Waals surface area contributed by atoms with E-state index in [0.717, 1.165) is 38.7 Å². The van der Waals surface area contributed by atoms with Crippen LogP contribution in [0.25, 0.3) is 0 Å². The topological polar surface area (TPSA) is 85.5 Å². The number of hydrogen-bond acceptors (Lipinski definition) is 5. The zero-order chi connectivity index (χ0) is 14.0. The summed E-state index contributed by atoms with van der Waals surface area (Å²) in [6.07, 6.45) is 6.58. The molecule has 1 unspecified atom stereocenters. The maximum atomic E-state index is 11.6. The minimum absolute atomic E-state index is 0.0837. The van der Waals surface area contributed by atoms with Gasteiger partial charge in [0.25, 0.3) is 0 Å². The smallest absolute Gasteiger partial charge is 0.310 e. The predicted molar refractivity (Wildman–Crippen MR) is 69.1 cm³/mol. The van der Waals surface area contributed by atoms with E-state index < -0.39 is 11.4 Å². The molecule has 1 saturated carbocycles. The maximum Gasteiger partial charge on any atom is 0.310 e. The minimum atomic E-state index is -0.742. The van der Waals surface area contributed by atoms with Crippen molar-refractivity contribution in [1.82, 2.24) is 10.1 Å². The van der Waals surface area contributed by atoms with Crippen molar-refractivity contribution in [3.8, 4) is 0 Å². The van der Waals surface area contributed by atoms with Gasteiger partial charge in [-0.2, -0.15) is 4.98 Å². The lowest BCUT2D eigenvalue weighted by atomic mass is 9.72. The van der Waals surface area contributed by atoms with Gasteiger partial charge < -0.3 is 14.4 Å². The van der Waals surface area contributed by atoms with Gasteiger partial charge in [-0.3, -0.25) is 4.79 Å². The van der Waals surface area contributed by atoms with E-state index in [9.17, 15) is 9.90 Å². The number of carbonyl (C=O) groups is 1. The Balaban J connectivity index is 1.73. The van der Waals surface area contributed by atoms with E-state index in [-0.39, 0.29) is 6.10 Å². The van der Waals surface area contributed by atoms with Crippen LogP contribution in [0.5, 0.6) is 0 Å². The van der Waals surface area contributed by atoms with Crippen LogP contribution in [0.3, 0.4) is 0 Å². The number of aromatic nitrogens is 2. The Kier molecular flexibility index (Phi) is 3.74. The Morgan fingerprint density at radius 3 is 2.75 bits per heavy atom. The molecule has 6 heteroatoms. The molecule has 0 bridgehead atoms. The molecule has 0 amide bonds. The monoisotopic (exact) mass is 280 g/mol. The summed E-state index contributed by atoms with van der Waals surface area (Å²) in [7, 11) is 0. The van der Waals surface area contributed by atoms with Gasteiger partial charge in [-0.1, -0.05) is 24.4 Å². The average molecular weight is 280 g/mol. The molecule has 0 radical (unpaired) electrons. The number of aliphatic carboxylic acids is 1. The van der Waals surface area contributed by atoms with E-state index in [0.29, 0.717) is 31.0 Å². The van der Waals surface area contributed by atoms with Gasteiger partial charge in [-0.05, 0) is 25.7 Å². The first-order valence-corrected chi connectivity index (χ1v) is 7.37. The first-order chi connectivity index (χ1) is 9.70. The van der Waals surface area contributed by atoms with Crippen LogP contribution < -0.4 is 0 Å². The molecule has 1 aliphatic heterocycles. The van der Waals surface area contributed by atoms with E-state index in [1.807, 2.05) is 0 Å². The highest BCUT2D eigenvalue weighted by Crippen LogP contribution is 2.39. The van der Waals surface area contributed by atoms with Crippen LogP contribution in [0.1, 0.15) is 62.8 Å². The molecule has 2 fully saturated rings. The van der Waals surface area contributed by atoms with E-state index in [1.54, 1.807) is 0 Å². The van der Waals surface area contributed by atoms with Crippen LogP contribution in [0, 0.1) is 5.41 Å². The SMILES string of the molecule is O=C(O)C1(Cc2nc(C3CCCO3)no2)CCCCC1. The molecule has 1 aliphatic carbocycles. The van der Waals surface area contributed by atoms with Gasteiger partial charge in [0.05, 0.1) is 5.41 Å². The van der Waals surface area contributed by atoms with Gasteiger partial charge in [0, 0.05) is 13.0 Å². The van der Waals surface area contributed by atoms with Crippen molar-refractivity contribution in [2.24, 2.45) is 5.41 Å². The Morgan fingerprint density at radius 1 is 1.30 bits per heavy atom. The molecule has 2 heterocycles. The van der Waals surface area contributed by atoms with Crippen LogP contribution in [-0.4, -0.2) is 27.8 Å². The van der Waals surface area contributed by atoms with Crippen molar-refractivity contribution < 1.29 is 19.2 Å². The first-order valence-electron chi connectivity index (χ1n) is 7.37. The third kappa shape index (κ3) is 2.57. The second kappa shape index (κ2) is 5.52. The van der Waals surface area contributed by atoms with Crippen LogP contribution in [-0.2, 0) is 16.0 Å². The Bertz CT molecular complexity index is 473. The standard InChI is InChI=1S/C14H20N2O4/c17-13(18)14(6-2-1-3-7-14)9-11-15-12(16-20-11)10-5-4-8-19-10/h10H,1-9H2,(H,17,18). The Hall–Kier alpha value is -1.43. The zero-order valence-electron chi connectivity index (χ0n) is 11.5. The van der Waals surface area contributed by atoms with Gasteiger partial charge in [0.15, 0.2) is 0 Å². The fourth-order valence-electron chi connectivity index (χ4n) is 3.24. The molecule has 6 nitrogen and oxygen atoms in total. The summed E-state index contributed by atoms with van der Waals surface area (Å²) in [4.78, 5) is 16.0. The van der Waals surface area contributed by atoms with Gasteiger partial charge in [0.1, 0.15) is 6.10 Å². The number of ether oxygens (including phenoxy) is 1. The number of hydrogen-bond donors (Lipinski definition) is 1. The lowest BCUT2D eigenvalue weighted by molar-refractivity contribution is -0.151. The Labute approximate surface area is 117 Å². The summed E-state index contributed by atoms with van der Waals surface area (Å²) >= 11 is 0. The van der Waals surface area contributed by atoms with Crippen LogP contribution in [0.4, 0.5) is 0 Å². The van der Waals surface area contributed by atoms with Crippen molar-refractivity contribution in [1.29, 1.82) is 0 Å². The second-order valence-corrected chi connectivity index (χ2v) is 5.87. The number of rotatable bonds is 4. The molecule has 0 spiro atoms. The first kappa shape index (κ1) is 13.5. The number of carboxylic acid groups (broad SMARTS) is 1. The van der Waals surface area contributed by atoms with Crippen LogP contribution in [0.2, 0.25) is 0 Å². The lowest BCUT2D eigenvalue weighted by Crippen LogP contribution is -2.35. The van der Waals surface area contributed by atoms with Crippen LogP contribution in [0.15, 0.2) is 4.52 Å². The highest BCUT2D eigenvalue weighted by molar-refractivity contribution is 5.75. The molecule has 1 aromatic heterocycles. The van der Waals surface area contributed by atoms with E-state index in [2.05, 4.69) is 10.1 Å². The average Bonchev–Trinajstić information content (AvgIpc) is 3.10. The quantitative estimate of drug-likeness (QED) is 0.912.